The third-order valence-corrected chi connectivity index (χ3v) is 1.97. The summed E-state index contributed by atoms with van der Waals surface area (Å²) >= 11 is 11.5. The fourth-order valence-electron chi connectivity index (χ4n) is 0.754. The van der Waals surface area contributed by atoms with Crippen LogP contribution in [0.15, 0.2) is 40.4 Å². The Morgan fingerprint density at radius 2 is 2.13 bits per heavy atom. The molecule has 0 saturated carbocycles. The maximum atomic E-state index is 10.3. The zero-order valence-corrected chi connectivity index (χ0v) is 8.90. The largest absolute Gasteiger partial charge is 0.513 e. The van der Waals surface area contributed by atoms with Gasteiger partial charge in [0.15, 0.2) is 12.0 Å². The smallest absolute Gasteiger partial charge is 0.173 e. The molecule has 0 radical (unpaired) electrons. The molecule has 0 aliphatic heterocycles. The van der Waals surface area contributed by atoms with Gasteiger partial charge in [-0.2, -0.15) is 0 Å². The summed E-state index contributed by atoms with van der Waals surface area (Å²) in [5, 5.41) is 16.4. The Bertz CT molecular complexity index is 430. The molecule has 0 bridgehead atoms. The van der Waals surface area contributed by atoms with E-state index in [9.17, 15) is 4.79 Å². The number of aldehydes is 1. The van der Waals surface area contributed by atoms with Crippen LogP contribution in [0.25, 0.3) is 0 Å². The molecule has 0 atom stereocenters. The van der Waals surface area contributed by atoms with Crippen LogP contribution in [0.1, 0.15) is 0 Å². The zero-order valence-electron chi connectivity index (χ0n) is 7.39. The number of aliphatic hydroxyl groups is 1. The first-order valence-corrected chi connectivity index (χ1v) is 4.59. The summed E-state index contributed by atoms with van der Waals surface area (Å²) < 4.78 is 0. The summed E-state index contributed by atoms with van der Waals surface area (Å²) in [6.45, 7) is 0. The molecular formula is C9H6Cl2N2O2. The van der Waals surface area contributed by atoms with Crippen molar-refractivity contribution in [2.24, 2.45) is 10.2 Å². The van der Waals surface area contributed by atoms with Gasteiger partial charge in [0.1, 0.15) is 11.9 Å². The SMILES string of the molecule is O=CC(=CO)N=Nc1ccc(Cl)cc1Cl. The summed E-state index contributed by atoms with van der Waals surface area (Å²) in [6.07, 6.45) is 0.924. The molecule has 0 saturated heterocycles. The van der Waals surface area contributed by atoms with Crippen LogP contribution in [0.5, 0.6) is 0 Å². The van der Waals surface area contributed by atoms with Crippen molar-refractivity contribution < 1.29 is 9.90 Å². The molecule has 0 aliphatic rings. The van der Waals surface area contributed by atoms with Gasteiger partial charge in [0.25, 0.3) is 0 Å². The van der Waals surface area contributed by atoms with E-state index in [0.29, 0.717) is 28.3 Å². The highest BCUT2D eigenvalue weighted by molar-refractivity contribution is 6.36. The number of hydrogen-bond donors (Lipinski definition) is 1. The Morgan fingerprint density at radius 3 is 2.67 bits per heavy atom. The highest BCUT2D eigenvalue weighted by Crippen LogP contribution is 2.28. The second kappa shape index (κ2) is 5.48. The molecule has 0 unspecified atom stereocenters. The molecule has 0 aromatic heterocycles. The Labute approximate surface area is 95.8 Å². The van der Waals surface area contributed by atoms with Crippen LogP contribution >= 0.6 is 23.2 Å². The lowest BCUT2D eigenvalue weighted by atomic mass is 10.3. The van der Waals surface area contributed by atoms with Gasteiger partial charge >= 0.3 is 0 Å². The predicted octanol–water partition coefficient (Wildman–Crippen LogP) is 3.68. The van der Waals surface area contributed by atoms with Gasteiger partial charge in [-0.3, -0.25) is 4.79 Å². The van der Waals surface area contributed by atoms with Crippen molar-refractivity contribution in [2.75, 3.05) is 0 Å². The number of azo groups is 1. The van der Waals surface area contributed by atoms with E-state index in [0.717, 1.165) is 0 Å². The summed E-state index contributed by atoms with van der Waals surface area (Å²) in [4.78, 5) is 10.3. The fraction of sp³-hybridized carbons (Fsp3) is 0. The van der Waals surface area contributed by atoms with Gasteiger partial charge in [0.05, 0.1) is 5.02 Å². The average Bonchev–Trinajstić information content (AvgIpc) is 2.22. The van der Waals surface area contributed by atoms with E-state index in [1.165, 1.54) is 6.07 Å². The van der Waals surface area contributed by atoms with Crippen molar-refractivity contribution >= 4 is 35.2 Å². The second-order valence-electron chi connectivity index (χ2n) is 2.47. The minimum atomic E-state index is -0.194. The molecule has 78 valence electrons. The van der Waals surface area contributed by atoms with Gasteiger partial charge in [0, 0.05) is 5.02 Å². The normalized spacial score (nSPS) is 12.0. The van der Waals surface area contributed by atoms with Crippen molar-refractivity contribution in [3.63, 3.8) is 0 Å². The minimum Gasteiger partial charge on any atom is -0.513 e. The standard InChI is InChI=1S/C9H6Cl2N2O2/c10-6-1-2-9(8(11)3-6)13-12-7(4-14)5-15/h1-5,14H. The molecule has 0 fully saturated rings. The lowest BCUT2D eigenvalue weighted by Gasteiger charge is -1.96. The monoisotopic (exact) mass is 244 g/mol. The highest BCUT2D eigenvalue weighted by atomic mass is 35.5. The molecule has 0 heterocycles. The lowest BCUT2D eigenvalue weighted by molar-refractivity contribution is -0.105. The molecule has 1 rings (SSSR count). The Morgan fingerprint density at radius 1 is 1.40 bits per heavy atom. The second-order valence-corrected chi connectivity index (χ2v) is 3.31. The quantitative estimate of drug-likeness (QED) is 0.382. The minimum absolute atomic E-state index is 0.194. The number of carbonyl (C=O) groups excluding carboxylic acids is 1. The van der Waals surface area contributed by atoms with Gasteiger partial charge in [-0.05, 0) is 18.2 Å². The lowest BCUT2D eigenvalue weighted by Crippen LogP contribution is -1.77. The number of halogens is 2. The Hall–Kier alpha value is -1.39. The summed E-state index contributed by atoms with van der Waals surface area (Å²) in [5.41, 5.74) is 0.170. The van der Waals surface area contributed by atoms with E-state index in [4.69, 9.17) is 28.3 Å². The summed E-state index contributed by atoms with van der Waals surface area (Å²) in [6, 6.07) is 4.64. The first-order chi connectivity index (χ1) is 7.17. The van der Waals surface area contributed by atoms with Gasteiger partial charge in [-0.15, -0.1) is 10.2 Å². The molecule has 15 heavy (non-hydrogen) atoms. The number of hydrogen-bond acceptors (Lipinski definition) is 4. The van der Waals surface area contributed by atoms with Crippen LogP contribution in [0, 0.1) is 0 Å². The van der Waals surface area contributed by atoms with E-state index in [2.05, 4.69) is 10.2 Å². The molecule has 0 aliphatic carbocycles. The topological polar surface area (TPSA) is 62.0 Å². The third kappa shape index (κ3) is 3.34. The van der Waals surface area contributed by atoms with Crippen molar-refractivity contribution in [1.29, 1.82) is 0 Å². The molecule has 1 N–H and O–H groups in total. The van der Waals surface area contributed by atoms with Crippen LogP contribution < -0.4 is 0 Å². The number of rotatable bonds is 3. The van der Waals surface area contributed by atoms with E-state index in [1.54, 1.807) is 12.1 Å². The van der Waals surface area contributed by atoms with E-state index >= 15 is 0 Å². The van der Waals surface area contributed by atoms with E-state index in [1.807, 2.05) is 0 Å². The van der Waals surface area contributed by atoms with Crippen molar-refractivity contribution in [3.8, 4) is 0 Å². The van der Waals surface area contributed by atoms with Gasteiger partial charge in [-0.25, -0.2) is 0 Å². The molecule has 1 aromatic carbocycles. The van der Waals surface area contributed by atoms with Crippen molar-refractivity contribution in [2.45, 2.75) is 0 Å². The molecule has 4 nitrogen and oxygen atoms in total. The van der Waals surface area contributed by atoms with Gasteiger partial charge < -0.3 is 5.11 Å². The van der Waals surface area contributed by atoms with Crippen LogP contribution in [0.3, 0.4) is 0 Å². The first kappa shape index (κ1) is 11.7. The van der Waals surface area contributed by atoms with Gasteiger partial charge in [0.2, 0.25) is 0 Å². The van der Waals surface area contributed by atoms with Crippen molar-refractivity contribution in [3.05, 3.63) is 40.2 Å². The number of aliphatic hydroxyl groups excluding tert-OH is 1. The summed E-state index contributed by atoms with van der Waals surface area (Å²) in [7, 11) is 0. The van der Waals surface area contributed by atoms with Crippen LogP contribution in [0.4, 0.5) is 5.69 Å². The predicted molar refractivity (Wildman–Crippen MR) is 57.8 cm³/mol. The van der Waals surface area contributed by atoms with Crippen LogP contribution in [-0.2, 0) is 4.79 Å². The Kier molecular flexibility index (Phi) is 4.27. The number of carbonyl (C=O) groups is 1. The zero-order chi connectivity index (χ0) is 11.3. The summed E-state index contributed by atoms with van der Waals surface area (Å²) in [5.74, 6) is 0. The van der Waals surface area contributed by atoms with Crippen molar-refractivity contribution in [1.82, 2.24) is 0 Å². The number of nitrogens with zero attached hydrogens (tertiary/aromatic N) is 2. The molecular weight excluding hydrogens is 239 g/mol. The maximum absolute atomic E-state index is 10.3. The van der Waals surface area contributed by atoms with Crippen LogP contribution in [-0.4, -0.2) is 11.4 Å². The number of benzene rings is 1. The Balaban J connectivity index is 2.94. The average molecular weight is 245 g/mol. The highest BCUT2D eigenvalue weighted by Gasteiger charge is 1.99. The molecule has 6 heteroatoms. The molecule has 1 aromatic rings. The third-order valence-electron chi connectivity index (χ3n) is 1.44. The van der Waals surface area contributed by atoms with Crippen LogP contribution in [0.2, 0.25) is 10.0 Å². The fourth-order valence-corrected chi connectivity index (χ4v) is 1.20. The number of allylic oxidation sites excluding steroid dienone is 1. The van der Waals surface area contributed by atoms with Gasteiger partial charge in [-0.1, -0.05) is 23.2 Å². The maximum Gasteiger partial charge on any atom is 0.173 e. The first-order valence-electron chi connectivity index (χ1n) is 3.83. The molecule has 0 amide bonds. The van der Waals surface area contributed by atoms with E-state index < -0.39 is 0 Å². The molecule has 0 spiro atoms. The van der Waals surface area contributed by atoms with E-state index in [-0.39, 0.29) is 5.70 Å².